The van der Waals surface area contributed by atoms with Gasteiger partial charge < -0.3 is 9.47 Å². The van der Waals surface area contributed by atoms with Crippen LogP contribution >= 0.6 is 0 Å². The van der Waals surface area contributed by atoms with Crippen molar-refractivity contribution in [3.05, 3.63) is 48.0 Å². The molecule has 24 heavy (non-hydrogen) atoms. The summed E-state index contributed by atoms with van der Waals surface area (Å²) in [5.74, 6) is 0.426. The van der Waals surface area contributed by atoms with E-state index in [9.17, 15) is 0 Å². The third kappa shape index (κ3) is 3.66. The second-order valence-corrected chi connectivity index (χ2v) is 6.65. The molecule has 0 saturated carbocycles. The first-order chi connectivity index (χ1) is 11.9. The zero-order valence-electron chi connectivity index (χ0n) is 13.9. The molecule has 0 unspecified atom stereocenters. The van der Waals surface area contributed by atoms with Crippen molar-refractivity contribution in [1.29, 1.82) is 0 Å². The summed E-state index contributed by atoms with van der Waals surface area (Å²) in [4.78, 5) is 6.86. The van der Waals surface area contributed by atoms with Gasteiger partial charge in [-0.25, -0.2) is 0 Å². The number of rotatable bonds is 5. The molecule has 4 heterocycles. The maximum Gasteiger partial charge on any atom is 0.0887 e. The van der Waals surface area contributed by atoms with Gasteiger partial charge in [0.25, 0.3) is 0 Å². The van der Waals surface area contributed by atoms with E-state index >= 15 is 0 Å². The molecule has 0 N–H and O–H groups in total. The molecule has 0 spiro atoms. The Balaban J connectivity index is 1.39. The van der Waals surface area contributed by atoms with Crippen molar-refractivity contribution in [3.63, 3.8) is 0 Å². The van der Waals surface area contributed by atoms with E-state index in [1.54, 1.807) is 0 Å². The Hall–Kier alpha value is -1.76. The lowest BCUT2D eigenvalue weighted by Gasteiger charge is -2.28. The molecule has 2 aliphatic heterocycles. The highest BCUT2D eigenvalue weighted by Gasteiger charge is 2.29. The fraction of sp³-hybridized carbons (Fsp3) is 0.556. The lowest BCUT2D eigenvalue weighted by atomic mass is 10.1. The fourth-order valence-electron chi connectivity index (χ4n) is 3.57. The molecule has 2 atom stereocenters. The first kappa shape index (κ1) is 15.7. The highest BCUT2D eigenvalue weighted by Crippen LogP contribution is 2.22. The van der Waals surface area contributed by atoms with Gasteiger partial charge in [-0.15, -0.1) is 0 Å². The SMILES string of the molecule is c1ccc(COC[C@@H]2CN([C@@H]3CCOC3)Cc3ccnn3C2)nc1. The van der Waals surface area contributed by atoms with Crippen LogP contribution in [0.3, 0.4) is 0 Å². The number of hydrogen-bond donors (Lipinski definition) is 0. The van der Waals surface area contributed by atoms with Gasteiger partial charge in [0.2, 0.25) is 0 Å². The number of nitrogens with zero attached hydrogens (tertiary/aromatic N) is 4. The monoisotopic (exact) mass is 328 g/mol. The lowest BCUT2D eigenvalue weighted by molar-refractivity contribution is 0.0546. The van der Waals surface area contributed by atoms with E-state index in [4.69, 9.17) is 9.47 Å². The molecule has 2 aliphatic rings. The van der Waals surface area contributed by atoms with E-state index in [1.807, 2.05) is 30.6 Å². The van der Waals surface area contributed by atoms with E-state index in [1.165, 1.54) is 5.69 Å². The Bertz CT molecular complexity index is 639. The van der Waals surface area contributed by atoms with Gasteiger partial charge in [-0.05, 0) is 24.6 Å². The second kappa shape index (κ2) is 7.42. The fourth-order valence-corrected chi connectivity index (χ4v) is 3.57. The standard InChI is InChI=1S/C18H24N4O2/c1-2-6-19-16(3-1)13-24-12-15-9-21(18-5-8-23-14-18)11-17-4-7-20-22(17)10-15/h1-4,6-7,15,18H,5,8-14H2/t15-,18-/m1/s1. The molecule has 1 saturated heterocycles. The summed E-state index contributed by atoms with van der Waals surface area (Å²) in [6, 6.07) is 8.57. The molecule has 128 valence electrons. The van der Waals surface area contributed by atoms with Gasteiger partial charge >= 0.3 is 0 Å². The predicted molar refractivity (Wildman–Crippen MR) is 89.2 cm³/mol. The normalized spacial score (nSPS) is 24.7. The van der Waals surface area contributed by atoms with Crippen molar-refractivity contribution < 1.29 is 9.47 Å². The summed E-state index contributed by atoms with van der Waals surface area (Å²) >= 11 is 0. The van der Waals surface area contributed by atoms with Gasteiger partial charge in [-0.1, -0.05) is 6.07 Å². The third-order valence-corrected chi connectivity index (χ3v) is 4.85. The molecule has 0 aromatic carbocycles. The van der Waals surface area contributed by atoms with E-state index in [-0.39, 0.29) is 0 Å². The van der Waals surface area contributed by atoms with Gasteiger partial charge in [0, 0.05) is 50.6 Å². The molecule has 2 aromatic heterocycles. The maximum absolute atomic E-state index is 5.96. The first-order valence-corrected chi connectivity index (χ1v) is 8.68. The van der Waals surface area contributed by atoms with Crippen LogP contribution in [0.4, 0.5) is 0 Å². The number of fused-ring (bicyclic) bond motifs is 1. The summed E-state index contributed by atoms with van der Waals surface area (Å²) in [6.45, 7) is 5.89. The Morgan fingerprint density at radius 3 is 3.04 bits per heavy atom. The van der Waals surface area contributed by atoms with Gasteiger partial charge in [0.05, 0.1) is 31.2 Å². The predicted octanol–water partition coefficient (Wildman–Crippen LogP) is 1.72. The van der Waals surface area contributed by atoms with Crippen molar-refractivity contribution in [2.24, 2.45) is 5.92 Å². The molecule has 0 aliphatic carbocycles. The first-order valence-electron chi connectivity index (χ1n) is 8.68. The lowest BCUT2D eigenvalue weighted by Crippen LogP contribution is -2.38. The Morgan fingerprint density at radius 1 is 1.21 bits per heavy atom. The average Bonchev–Trinajstić information content (AvgIpc) is 3.25. The van der Waals surface area contributed by atoms with Gasteiger partial charge in [0.1, 0.15) is 0 Å². The van der Waals surface area contributed by atoms with Crippen LogP contribution in [0, 0.1) is 5.92 Å². The van der Waals surface area contributed by atoms with Crippen LogP contribution < -0.4 is 0 Å². The molecule has 2 aromatic rings. The highest BCUT2D eigenvalue weighted by atomic mass is 16.5. The maximum atomic E-state index is 5.96. The quantitative estimate of drug-likeness (QED) is 0.836. The molecule has 4 rings (SSSR count). The van der Waals surface area contributed by atoms with Crippen LogP contribution in [-0.2, 0) is 29.2 Å². The van der Waals surface area contributed by atoms with Crippen molar-refractivity contribution in [2.75, 3.05) is 26.4 Å². The molecule has 1 fully saturated rings. The van der Waals surface area contributed by atoms with Crippen LogP contribution in [0.25, 0.3) is 0 Å². The minimum absolute atomic E-state index is 0.426. The van der Waals surface area contributed by atoms with Crippen LogP contribution in [0.2, 0.25) is 0 Å². The topological polar surface area (TPSA) is 52.4 Å². The number of aromatic nitrogens is 3. The van der Waals surface area contributed by atoms with E-state index in [2.05, 4.69) is 25.7 Å². The molecular weight excluding hydrogens is 304 g/mol. The van der Waals surface area contributed by atoms with Crippen LogP contribution in [0.5, 0.6) is 0 Å². The smallest absolute Gasteiger partial charge is 0.0887 e. The zero-order chi connectivity index (χ0) is 16.2. The number of ether oxygens (including phenoxy) is 2. The Morgan fingerprint density at radius 2 is 2.21 bits per heavy atom. The average molecular weight is 328 g/mol. The minimum atomic E-state index is 0.426. The third-order valence-electron chi connectivity index (χ3n) is 4.85. The van der Waals surface area contributed by atoms with Crippen molar-refractivity contribution in [3.8, 4) is 0 Å². The molecule has 6 nitrogen and oxygen atoms in total. The van der Waals surface area contributed by atoms with Crippen molar-refractivity contribution >= 4 is 0 Å². The zero-order valence-corrected chi connectivity index (χ0v) is 13.9. The van der Waals surface area contributed by atoms with Crippen LogP contribution in [-0.4, -0.2) is 52.1 Å². The largest absolute Gasteiger partial charge is 0.380 e. The summed E-state index contributed by atoms with van der Waals surface area (Å²) in [6.07, 6.45) is 4.83. The van der Waals surface area contributed by atoms with E-state index in [0.29, 0.717) is 18.6 Å². The van der Waals surface area contributed by atoms with Crippen LogP contribution in [0.15, 0.2) is 36.7 Å². The van der Waals surface area contributed by atoms with Gasteiger partial charge in [0.15, 0.2) is 0 Å². The number of hydrogen-bond acceptors (Lipinski definition) is 5. The molecule has 0 amide bonds. The van der Waals surface area contributed by atoms with Crippen LogP contribution in [0.1, 0.15) is 17.8 Å². The summed E-state index contributed by atoms with van der Waals surface area (Å²) in [5, 5.41) is 4.49. The molecule has 0 radical (unpaired) electrons. The van der Waals surface area contributed by atoms with Gasteiger partial charge in [-0.2, -0.15) is 5.10 Å². The highest BCUT2D eigenvalue weighted by molar-refractivity contribution is 5.04. The summed E-state index contributed by atoms with van der Waals surface area (Å²) < 4.78 is 13.7. The summed E-state index contributed by atoms with van der Waals surface area (Å²) in [7, 11) is 0. The molecule has 0 bridgehead atoms. The van der Waals surface area contributed by atoms with E-state index in [0.717, 1.165) is 51.6 Å². The Kier molecular flexibility index (Phi) is 4.87. The molecular formula is C18H24N4O2. The second-order valence-electron chi connectivity index (χ2n) is 6.65. The molecule has 6 heteroatoms. The number of pyridine rings is 1. The summed E-state index contributed by atoms with van der Waals surface area (Å²) in [5.41, 5.74) is 2.26. The van der Waals surface area contributed by atoms with Gasteiger partial charge in [-0.3, -0.25) is 14.6 Å². The van der Waals surface area contributed by atoms with Crippen molar-refractivity contribution in [2.45, 2.75) is 32.2 Å². The Labute approximate surface area is 142 Å². The van der Waals surface area contributed by atoms with E-state index < -0.39 is 0 Å². The minimum Gasteiger partial charge on any atom is -0.380 e. The van der Waals surface area contributed by atoms with Crippen molar-refractivity contribution in [1.82, 2.24) is 19.7 Å².